The minimum atomic E-state index is -0.0322. The van der Waals surface area contributed by atoms with Crippen molar-refractivity contribution < 1.29 is 0 Å². The number of pyridine rings is 1. The first kappa shape index (κ1) is 31.0. The number of para-hydroxylation sites is 1. The van der Waals surface area contributed by atoms with Crippen molar-refractivity contribution in [3.63, 3.8) is 0 Å². The summed E-state index contributed by atoms with van der Waals surface area (Å²) in [5.41, 5.74) is 16.8. The van der Waals surface area contributed by atoms with Crippen LogP contribution >= 0.6 is 0 Å². The third-order valence-electron chi connectivity index (χ3n) is 10.8. The molecule has 0 spiro atoms. The first-order valence-electron chi connectivity index (χ1n) is 17.7. The van der Waals surface area contributed by atoms with Gasteiger partial charge in [0.1, 0.15) is 5.65 Å². The summed E-state index contributed by atoms with van der Waals surface area (Å²) in [7, 11) is 0. The van der Waals surface area contributed by atoms with E-state index in [1.165, 1.54) is 77.7 Å². The summed E-state index contributed by atoms with van der Waals surface area (Å²) in [5, 5.41) is 2.57. The molecule has 4 heteroatoms. The second kappa shape index (κ2) is 10.1. The van der Waals surface area contributed by atoms with Crippen molar-refractivity contribution in [1.29, 1.82) is 0 Å². The zero-order valence-corrected chi connectivity index (χ0v) is 30.6. The van der Waals surface area contributed by atoms with Gasteiger partial charge in [-0.2, -0.15) is 0 Å². The number of rotatable bonds is 2. The Morgan fingerprint density at radius 2 is 1.25 bits per heavy atom. The second-order valence-electron chi connectivity index (χ2n) is 17.6. The molecule has 242 valence electrons. The molecule has 0 fully saturated rings. The Labute approximate surface area is 287 Å². The van der Waals surface area contributed by atoms with Gasteiger partial charge in [-0.25, -0.2) is 4.98 Å². The predicted molar refractivity (Wildman–Crippen MR) is 208 cm³/mol. The molecule has 0 saturated heterocycles. The fourth-order valence-electron chi connectivity index (χ4n) is 7.88. The molecule has 2 aromatic heterocycles. The van der Waals surface area contributed by atoms with E-state index < -0.39 is 0 Å². The summed E-state index contributed by atoms with van der Waals surface area (Å²) in [6.45, 7) is 25.5. The normalized spacial score (nSPS) is 14.2. The van der Waals surface area contributed by atoms with E-state index in [4.69, 9.17) is 4.98 Å². The van der Waals surface area contributed by atoms with Gasteiger partial charge < -0.3 is 9.38 Å². The second-order valence-corrected chi connectivity index (χ2v) is 17.6. The number of fused-ring (bicyclic) bond motifs is 7. The molecule has 2 aliphatic rings. The van der Waals surface area contributed by atoms with Crippen molar-refractivity contribution in [2.45, 2.75) is 98.3 Å². The summed E-state index contributed by atoms with van der Waals surface area (Å²) < 4.78 is 2.59. The molecule has 0 radical (unpaired) electrons. The Hall–Kier alpha value is -4.31. The topological polar surface area (TPSA) is 21.1 Å². The number of hydrogen-bond donors (Lipinski definition) is 0. The van der Waals surface area contributed by atoms with Crippen LogP contribution < -0.4 is 15.8 Å². The lowest BCUT2D eigenvalue weighted by molar-refractivity contribution is 0.589. The lowest BCUT2D eigenvalue weighted by Crippen LogP contribution is -2.57. The molecule has 0 N–H and O–H groups in total. The van der Waals surface area contributed by atoms with Gasteiger partial charge in [-0.05, 0) is 103 Å². The lowest BCUT2D eigenvalue weighted by atomic mass is 9.44. The number of benzene rings is 4. The highest BCUT2D eigenvalue weighted by atomic mass is 15.2. The quantitative estimate of drug-likeness (QED) is 0.177. The Morgan fingerprint density at radius 3 is 1.90 bits per heavy atom. The fraction of sp³-hybridized carbons (Fsp3) is 0.341. The van der Waals surface area contributed by atoms with Crippen molar-refractivity contribution in [2.75, 3.05) is 4.90 Å². The van der Waals surface area contributed by atoms with Gasteiger partial charge in [0.15, 0.2) is 0 Å². The van der Waals surface area contributed by atoms with Gasteiger partial charge in [-0.15, -0.1) is 0 Å². The zero-order valence-electron chi connectivity index (χ0n) is 30.6. The summed E-state index contributed by atoms with van der Waals surface area (Å²) in [4.78, 5) is 7.86. The van der Waals surface area contributed by atoms with Crippen LogP contribution in [0, 0.1) is 0 Å². The van der Waals surface area contributed by atoms with E-state index >= 15 is 0 Å². The van der Waals surface area contributed by atoms with E-state index in [0.717, 1.165) is 5.65 Å². The maximum absolute atomic E-state index is 5.32. The molecule has 0 aliphatic carbocycles. The van der Waals surface area contributed by atoms with E-state index in [0.29, 0.717) is 5.92 Å². The molecular weight excluding hydrogens is 581 g/mol. The monoisotopic (exact) mass is 629 g/mol. The summed E-state index contributed by atoms with van der Waals surface area (Å²) in [6, 6.07) is 30.6. The summed E-state index contributed by atoms with van der Waals surface area (Å²) in [5.74, 6) is 0.402. The van der Waals surface area contributed by atoms with Crippen LogP contribution in [0.15, 0.2) is 85.1 Å². The Balaban J connectivity index is 1.60. The SMILES string of the molecule is CC(C)c1cnc2c(c1)c1cc(C(C)(C)C)cc3c1n2B1c2ccc(C(C)(C)C)cc2N(c2ccccc2)c2cc(C(C)(C)C)cc-3c21. The van der Waals surface area contributed by atoms with E-state index in [1.807, 2.05) is 0 Å². The number of hydrogen-bond acceptors (Lipinski definition) is 2. The van der Waals surface area contributed by atoms with Crippen molar-refractivity contribution >= 4 is 56.8 Å². The zero-order chi connectivity index (χ0) is 34.1. The van der Waals surface area contributed by atoms with Crippen LogP contribution in [-0.2, 0) is 16.2 Å². The molecular formula is C44H48BN3. The van der Waals surface area contributed by atoms with Crippen LogP contribution in [0.1, 0.15) is 104 Å². The first-order valence-corrected chi connectivity index (χ1v) is 17.7. The average Bonchev–Trinajstić information content (AvgIpc) is 3.35. The highest BCUT2D eigenvalue weighted by Crippen LogP contribution is 2.48. The molecule has 8 rings (SSSR count). The molecule has 0 atom stereocenters. The van der Waals surface area contributed by atoms with E-state index in [9.17, 15) is 0 Å². The molecule has 3 nitrogen and oxygen atoms in total. The van der Waals surface area contributed by atoms with Gasteiger partial charge >= 0.3 is 6.85 Å². The van der Waals surface area contributed by atoms with Crippen molar-refractivity contribution in [2.24, 2.45) is 0 Å². The predicted octanol–water partition coefficient (Wildman–Crippen LogP) is 10.6. The lowest BCUT2D eigenvalue weighted by Gasteiger charge is -2.42. The molecule has 6 aromatic rings. The maximum Gasteiger partial charge on any atom is 0.334 e. The minimum Gasteiger partial charge on any atom is -0.360 e. The summed E-state index contributed by atoms with van der Waals surface area (Å²) >= 11 is 0. The van der Waals surface area contributed by atoms with E-state index in [2.05, 4.69) is 171 Å². The molecule has 0 unspecified atom stereocenters. The molecule has 2 aliphatic heterocycles. The van der Waals surface area contributed by atoms with E-state index in [-0.39, 0.29) is 23.1 Å². The number of anilines is 3. The van der Waals surface area contributed by atoms with Crippen LogP contribution in [0.25, 0.3) is 33.1 Å². The van der Waals surface area contributed by atoms with Crippen LogP contribution in [0.5, 0.6) is 0 Å². The smallest absolute Gasteiger partial charge is 0.334 e. The number of aromatic nitrogens is 2. The molecule has 0 bridgehead atoms. The van der Waals surface area contributed by atoms with Gasteiger partial charge in [0, 0.05) is 45.1 Å². The van der Waals surface area contributed by atoms with Crippen molar-refractivity contribution in [1.82, 2.24) is 9.46 Å². The molecule has 0 amide bonds. The highest BCUT2D eigenvalue weighted by Gasteiger charge is 2.44. The average molecular weight is 630 g/mol. The molecule has 4 aromatic carbocycles. The molecule has 48 heavy (non-hydrogen) atoms. The molecule has 0 saturated carbocycles. The third-order valence-corrected chi connectivity index (χ3v) is 10.8. The maximum atomic E-state index is 5.32. The van der Waals surface area contributed by atoms with Gasteiger partial charge in [0.2, 0.25) is 0 Å². The Morgan fingerprint density at radius 1 is 0.625 bits per heavy atom. The van der Waals surface area contributed by atoms with Gasteiger partial charge in [-0.1, -0.05) is 113 Å². The third kappa shape index (κ3) is 4.51. The number of nitrogens with zero attached hydrogens (tertiary/aromatic N) is 3. The van der Waals surface area contributed by atoms with E-state index in [1.54, 1.807) is 0 Å². The first-order chi connectivity index (χ1) is 22.5. The van der Waals surface area contributed by atoms with Crippen LogP contribution in [-0.4, -0.2) is 16.3 Å². The highest BCUT2D eigenvalue weighted by molar-refractivity contribution is 6.90. The summed E-state index contributed by atoms with van der Waals surface area (Å²) in [6.07, 6.45) is 2.11. The molecule has 4 heterocycles. The Kier molecular flexibility index (Phi) is 6.53. The van der Waals surface area contributed by atoms with Crippen LogP contribution in [0.2, 0.25) is 0 Å². The van der Waals surface area contributed by atoms with Gasteiger partial charge in [0.25, 0.3) is 0 Å². The van der Waals surface area contributed by atoms with Crippen LogP contribution in [0.3, 0.4) is 0 Å². The fourth-order valence-corrected chi connectivity index (χ4v) is 7.88. The van der Waals surface area contributed by atoms with Crippen molar-refractivity contribution in [3.8, 4) is 11.1 Å². The van der Waals surface area contributed by atoms with Gasteiger partial charge in [0.05, 0.1) is 0 Å². The van der Waals surface area contributed by atoms with Crippen LogP contribution in [0.4, 0.5) is 17.1 Å². The van der Waals surface area contributed by atoms with Crippen molar-refractivity contribution in [3.05, 3.63) is 107 Å². The largest absolute Gasteiger partial charge is 0.360 e. The Bertz CT molecular complexity index is 2270. The standard InChI is InChI=1S/C44H48BN3/c1-26(2)27-19-35-34-22-29(43(6,7)8)21-33-32-20-30(44(9,10)11)24-38-39(32)45(48(40(33)34)41(35)46-25-27)36-18-17-28(42(3,4)5)23-37(36)47(38)31-15-13-12-14-16-31/h12-26H,1-11H3. The van der Waals surface area contributed by atoms with Gasteiger partial charge in [-0.3, -0.25) is 0 Å². The minimum absolute atomic E-state index is 0.00149.